The molecule has 0 aliphatic carbocycles. The van der Waals surface area contributed by atoms with Crippen LogP contribution in [0.25, 0.3) is 0 Å². The van der Waals surface area contributed by atoms with Gasteiger partial charge in [-0.1, -0.05) is 6.58 Å². The highest BCUT2D eigenvalue weighted by Gasteiger charge is 1.88. The number of aromatic amines is 2. The minimum Gasteiger partial charge on any atom is -0.478 e. The zero-order chi connectivity index (χ0) is 11.1. The molecule has 1 aromatic rings. The molecule has 0 aliphatic heterocycles. The Morgan fingerprint density at radius 1 is 1.57 bits per heavy atom. The van der Waals surface area contributed by atoms with Crippen molar-refractivity contribution in [2.24, 2.45) is 0 Å². The Labute approximate surface area is 78.9 Å². The summed E-state index contributed by atoms with van der Waals surface area (Å²) in [6.45, 7) is 4.58. The zero-order valence-electron chi connectivity index (χ0n) is 7.53. The molecule has 0 saturated carbocycles. The number of rotatable bonds is 1. The summed E-state index contributed by atoms with van der Waals surface area (Å²) in [5.41, 5.74) is -0.293. The molecule has 0 aliphatic rings. The molecular formula is C8H10N2O4. The van der Waals surface area contributed by atoms with Gasteiger partial charge in [-0.05, 0) is 6.92 Å². The molecule has 0 aromatic carbocycles. The summed E-state index contributed by atoms with van der Waals surface area (Å²) in [5, 5.41) is 7.60. The lowest BCUT2D eigenvalue weighted by Crippen LogP contribution is -2.22. The smallest absolute Gasteiger partial charge is 0.327 e. The van der Waals surface area contributed by atoms with Crippen molar-refractivity contribution >= 4 is 5.97 Å². The summed E-state index contributed by atoms with van der Waals surface area (Å²) in [7, 11) is 0. The van der Waals surface area contributed by atoms with Gasteiger partial charge in [-0.25, -0.2) is 9.59 Å². The Bertz CT molecular complexity index is 429. The van der Waals surface area contributed by atoms with Crippen molar-refractivity contribution in [1.82, 2.24) is 9.97 Å². The zero-order valence-corrected chi connectivity index (χ0v) is 7.53. The van der Waals surface area contributed by atoms with Crippen LogP contribution in [0.4, 0.5) is 0 Å². The Hall–Kier alpha value is -2.11. The number of aryl methyl sites for hydroxylation is 1. The van der Waals surface area contributed by atoms with Gasteiger partial charge in [-0.2, -0.15) is 0 Å². The predicted octanol–water partition coefficient (Wildman–Crippen LogP) is -0.371. The topological polar surface area (TPSA) is 103 Å². The van der Waals surface area contributed by atoms with Crippen LogP contribution in [0.5, 0.6) is 0 Å². The maximum absolute atomic E-state index is 10.6. The third kappa shape index (κ3) is 4.70. The van der Waals surface area contributed by atoms with Gasteiger partial charge >= 0.3 is 11.7 Å². The number of nitrogens with one attached hydrogen (secondary N) is 2. The molecule has 1 rings (SSSR count). The lowest BCUT2D eigenvalue weighted by molar-refractivity contribution is -0.131. The van der Waals surface area contributed by atoms with E-state index in [-0.39, 0.29) is 5.56 Å². The van der Waals surface area contributed by atoms with E-state index in [2.05, 4.69) is 16.5 Å². The second-order valence-electron chi connectivity index (χ2n) is 2.30. The molecule has 14 heavy (non-hydrogen) atoms. The highest BCUT2D eigenvalue weighted by atomic mass is 16.4. The fourth-order valence-corrected chi connectivity index (χ4v) is 0.477. The van der Waals surface area contributed by atoms with Crippen molar-refractivity contribution in [2.75, 3.05) is 0 Å². The van der Waals surface area contributed by atoms with E-state index < -0.39 is 11.7 Å². The highest BCUT2D eigenvalue weighted by Crippen LogP contribution is 1.73. The van der Waals surface area contributed by atoms with Crippen LogP contribution in [0.1, 0.15) is 5.56 Å². The van der Waals surface area contributed by atoms with E-state index in [1.807, 2.05) is 0 Å². The first kappa shape index (κ1) is 11.9. The molecule has 3 N–H and O–H groups in total. The van der Waals surface area contributed by atoms with E-state index in [9.17, 15) is 14.4 Å². The second kappa shape index (κ2) is 5.52. The van der Waals surface area contributed by atoms with E-state index in [0.29, 0.717) is 5.56 Å². The monoisotopic (exact) mass is 198 g/mol. The highest BCUT2D eigenvalue weighted by molar-refractivity contribution is 5.78. The van der Waals surface area contributed by atoms with Gasteiger partial charge in [-0.3, -0.25) is 9.78 Å². The van der Waals surface area contributed by atoms with Gasteiger partial charge in [0.15, 0.2) is 0 Å². The van der Waals surface area contributed by atoms with E-state index in [1.165, 1.54) is 6.20 Å². The fourth-order valence-electron chi connectivity index (χ4n) is 0.477. The van der Waals surface area contributed by atoms with Crippen molar-refractivity contribution < 1.29 is 9.90 Å². The SMILES string of the molecule is C=CC(=O)O.Cc1c[nH]c(=O)[nH]c1=O. The summed E-state index contributed by atoms with van der Waals surface area (Å²) in [4.78, 5) is 34.5. The summed E-state index contributed by atoms with van der Waals surface area (Å²) >= 11 is 0. The second-order valence-corrected chi connectivity index (χ2v) is 2.30. The molecule has 6 nitrogen and oxygen atoms in total. The maximum atomic E-state index is 10.6. The van der Waals surface area contributed by atoms with Crippen molar-refractivity contribution in [3.8, 4) is 0 Å². The normalized spacial score (nSPS) is 8.36. The number of carbonyl (C=O) groups is 1. The van der Waals surface area contributed by atoms with Crippen LogP contribution < -0.4 is 11.2 Å². The van der Waals surface area contributed by atoms with Crippen LogP contribution in [0.15, 0.2) is 28.4 Å². The molecule has 0 radical (unpaired) electrons. The van der Waals surface area contributed by atoms with Crippen LogP contribution in [-0.4, -0.2) is 21.0 Å². The molecule has 0 bridgehead atoms. The summed E-state index contributed by atoms with van der Waals surface area (Å²) < 4.78 is 0. The maximum Gasteiger partial charge on any atom is 0.327 e. The summed E-state index contributed by atoms with van der Waals surface area (Å²) in [6.07, 6.45) is 2.21. The Balaban J connectivity index is 0.000000292. The Morgan fingerprint density at radius 2 is 2.07 bits per heavy atom. The third-order valence-electron chi connectivity index (χ3n) is 1.18. The Morgan fingerprint density at radius 3 is 2.36 bits per heavy atom. The number of hydrogen-bond donors (Lipinski definition) is 3. The van der Waals surface area contributed by atoms with E-state index in [1.54, 1.807) is 6.92 Å². The number of carboxylic acid groups (broad SMARTS) is 1. The van der Waals surface area contributed by atoms with Crippen molar-refractivity contribution in [3.63, 3.8) is 0 Å². The summed E-state index contributed by atoms with van der Waals surface area (Å²) in [6, 6.07) is 0. The number of aliphatic carboxylic acids is 1. The average molecular weight is 198 g/mol. The third-order valence-corrected chi connectivity index (χ3v) is 1.18. The average Bonchev–Trinajstić information content (AvgIpc) is 2.13. The van der Waals surface area contributed by atoms with Gasteiger partial charge in [0.1, 0.15) is 0 Å². The van der Waals surface area contributed by atoms with Gasteiger partial charge in [0, 0.05) is 17.8 Å². The van der Waals surface area contributed by atoms with Gasteiger partial charge in [0.05, 0.1) is 0 Å². The minimum absolute atomic E-state index is 0.334. The van der Waals surface area contributed by atoms with Gasteiger partial charge in [0.2, 0.25) is 0 Å². The lowest BCUT2D eigenvalue weighted by Gasteiger charge is -1.84. The number of H-pyrrole nitrogens is 2. The van der Waals surface area contributed by atoms with Crippen molar-refractivity contribution in [1.29, 1.82) is 0 Å². The van der Waals surface area contributed by atoms with Crippen molar-refractivity contribution in [3.05, 3.63) is 45.3 Å². The summed E-state index contributed by atoms with van der Waals surface area (Å²) in [5.74, 6) is -0.981. The van der Waals surface area contributed by atoms with Crippen LogP contribution >= 0.6 is 0 Å². The Kier molecular flexibility index (Phi) is 4.69. The largest absolute Gasteiger partial charge is 0.478 e. The van der Waals surface area contributed by atoms with E-state index >= 15 is 0 Å². The molecule has 0 unspecified atom stereocenters. The molecule has 1 aromatic heterocycles. The quantitative estimate of drug-likeness (QED) is 0.535. The van der Waals surface area contributed by atoms with Crippen LogP contribution in [0, 0.1) is 6.92 Å². The molecule has 76 valence electrons. The molecule has 0 amide bonds. The number of carboxylic acids is 1. The van der Waals surface area contributed by atoms with Gasteiger partial charge in [-0.15, -0.1) is 0 Å². The standard InChI is InChI=1S/C5H6N2O2.C3H4O2/c1-3-2-6-5(9)7-4(3)8;1-2-3(4)5/h2H,1H3,(H2,6,7,8,9);2H,1H2,(H,4,5). The first-order valence-electron chi connectivity index (χ1n) is 3.61. The van der Waals surface area contributed by atoms with Gasteiger partial charge < -0.3 is 10.1 Å². The van der Waals surface area contributed by atoms with Gasteiger partial charge in [0.25, 0.3) is 5.56 Å². The molecular weight excluding hydrogens is 188 g/mol. The molecule has 0 saturated heterocycles. The minimum atomic E-state index is -0.981. The lowest BCUT2D eigenvalue weighted by atomic mass is 10.4. The van der Waals surface area contributed by atoms with Crippen LogP contribution in [0.3, 0.4) is 0 Å². The number of aromatic nitrogens is 2. The molecule has 0 spiro atoms. The van der Waals surface area contributed by atoms with Crippen LogP contribution in [0.2, 0.25) is 0 Å². The predicted molar refractivity (Wildman–Crippen MR) is 50.3 cm³/mol. The first-order valence-corrected chi connectivity index (χ1v) is 3.61. The molecule has 6 heteroatoms. The first-order chi connectivity index (χ1) is 6.47. The molecule has 0 atom stereocenters. The molecule has 0 fully saturated rings. The number of hydrogen-bond acceptors (Lipinski definition) is 3. The van der Waals surface area contributed by atoms with E-state index in [4.69, 9.17) is 5.11 Å². The van der Waals surface area contributed by atoms with Crippen LogP contribution in [-0.2, 0) is 4.79 Å². The molecule has 1 heterocycles. The fraction of sp³-hybridized carbons (Fsp3) is 0.125. The van der Waals surface area contributed by atoms with E-state index in [0.717, 1.165) is 6.08 Å². The van der Waals surface area contributed by atoms with Crippen molar-refractivity contribution in [2.45, 2.75) is 6.92 Å².